The van der Waals surface area contributed by atoms with Gasteiger partial charge in [0.2, 0.25) is 0 Å². The first-order valence-electron chi connectivity index (χ1n) is 13.0. The Bertz CT molecular complexity index is 1420. The maximum absolute atomic E-state index is 14.3. The highest BCUT2D eigenvalue weighted by molar-refractivity contribution is 6.35. The summed E-state index contributed by atoms with van der Waals surface area (Å²) < 4.78 is 53.9. The number of ether oxygens (including phenoxy) is 2. The fourth-order valence-electron chi connectivity index (χ4n) is 5.64. The molecule has 2 aliphatic rings. The Balaban J connectivity index is 1.54. The summed E-state index contributed by atoms with van der Waals surface area (Å²) in [5, 5.41) is 40.3. The van der Waals surface area contributed by atoms with Crippen LogP contribution in [0.2, 0.25) is 10.0 Å². The van der Waals surface area contributed by atoms with Crippen LogP contribution in [0.4, 0.5) is 18.9 Å². The minimum atomic E-state index is -1.64. The van der Waals surface area contributed by atoms with Crippen LogP contribution in [-0.4, -0.2) is 86.5 Å². The van der Waals surface area contributed by atoms with E-state index >= 15 is 0 Å². The third-order valence-electron chi connectivity index (χ3n) is 7.62. The third-order valence-corrected chi connectivity index (χ3v) is 8.05. The first kappa shape index (κ1) is 30.7. The first-order valence-corrected chi connectivity index (χ1v) is 13.8. The van der Waals surface area contributed by atoms with Gasteiger partial charge in [0.25, 0.3) is 5.91 Å². The zero-order valence-corrected chi connectivity index (χ0v) is 23.6. The smallest absolute Gasteiger partial charge is 0.259 e. The number of anilines is 1. The lowest BCUT2D eigenvalue weighted by Gasteiger charge is -2.45. The summed E-state index contributed by atoms with van der Waals surface area (Å²) in [5.41, 5.74) is 0.112. The van der Waals surface area contributed by atoms with Gasteiger partial charge in [0, 0.05) is 28.4 Å². The summed E-state index contributed by atoms with van der Waals surface area (Å²) in [6.07, 6.45) is -3.50. The molecule has 1 amide bonds. The van der Waals surface area contributed by atoms with E-state index in [-0.39, 0.29) is 21.3 Å². The Morgan fingerprint density at radius 2 is 1.79 bits per heavy atom. The van der Waals surface area contributed by atoms with Crippen LogP contribution in [0.25, 0.3) is 11.3 Å². The number of hydrogen-bond donors (Lipinski definition) is 3. The van der Waals surface area contributed by atoms with Crippen LogP contribution in [0.3, 0.4) is 0 Å². The van der Waals surface area contributed by atoms with Gasteiger partial charge in [-0.25, -0.2) is 17.9 Å². The summed E-state index contributed by atoms with van der Waals surface area (Å²) in [5.74, 6) is -5.16. The number of aromatic nitrogens is 3. The molecule has 0 bridgehead atoms. The normalized spacial score (nSPS) is 27.8. The minimum absolute atomic E-state index is 0.0611. The molecule has 1 aliphatic heterocycles. The SMILES string of the molecule is COC1C(C(=O)N(c2cc(Cl)cc(Cl)c2)[C@H]2CCC[C@@H]2O)OC(CO)C(O)C1n1cc(-c2cc(F)c(F)c(F)c2)nn1. The molecule has 1 aliphatic carbocycles. The maximum Gasteiger partial charge on any atom is 0.259 e. The van der Waals surface area contributed by atoms with Gasteiger partial charge in [0.05, 0.1) is 24.9 Å². The van der Waals surface area contributed by atoms with Gasteiger partial charge in [0.15, 0.2) is 23.6 Å². The molecule has 0 radical (unpaired) electrons. The Morgan fingerprint density at radius 1 is 1.12 bits per heavy atom. The number of carbonyl (C=O) groups excluding carboxylic acids is 1. The number of hydrogen-bond acceptors (Lipinski definition) is 8. The summed E-state index contributed by atoms with van der Waals surface area (Å²) in [7, 11) is 1.28. The van der Waals surface area contributed by atoms with Crippen LogP contribution in [0.1, 0.15) is 25.3 Å². The number of rotatable bonds is 7. The van der Waals surface area contributed by atoms with Gasteiger partial charge in [-0.3, -0.25) is 4.79 Å². The quantitative estimate of drug-likeness (QED) is 0.339. The number of aliphatic hydroxyl groups is 3. The molecule has 226 valence electrons. The first-order chi connectivity index (χ1) is 20.0. The van der Waals surface area contributed by atoms with Crippen LogP contribution >= 0.6 is 23.2 Å². The minimum Gasteiger partial charge on any atom is -0.394 e. The van der Waals surface area contributed by atoms with Crippen LogP contribution in [0.15, 0.2) is 36.5 Å². The number of nitrogens with zero attached hydrogens (tertiary/aromatic N) is 4. The van der Waals surface area contributed by atoms with Crippen molar-refractivity contribution in [3.8, 4) is 11.3 Å². The molecule has 7 atom stereocenters. The molecular weight excluding hydrogens is 604 g/mol. The molecule has 42 heavy (non-hydrogen) atoms. The average Bonchev–Trinajstić information content (AvgIpc) is 3.60. The highest BCUT2D eigenvalue weighted by atomic mass is 35.5. The summed E-state index contributed by atoms with van der Waals surface area (Å²) in [4.78, 5) is 15.6. The van der Waals surface area contributed by atoms with Crippen molar-refractivity contribution < 1.29 is 42.8 Å². The molecule has 15 heteroatoms. The van der Waals surface area contributed by atoms with Crippen molar-refractivity contribution in [3.63, 3.8) is 0 Å². The van der Waals surface area contributed by atoms with E-state index in [0.29, 0.717) is 24.9 Å². The fourth-order valence-corrected chi connectivity index (χ4v) is 6.15. The number of methoxy groups -OCH3 is 1. The average molecular weight is 631 g/mol. The lowest BCUT2D eigenvalue weighted by atomic mass is 9.91. The van der Waals surface area contributed by atoms with Gasteiger partial charge < -0.3 is 29.7 Å². The molecule has 3 aromatic rings. The van der Waals surface area contributed by atoms with Crippen molar-refractivity contribution in [1.82, 2.24) is 15.0 Å². The summed E-state index contributed by atoms with van der Waals surface area (Å²) >= 11 is 12.5. The zero-order valence-electron chi connectivity index (χ0n) is 22.1. The second-order valence-corrected chi connectivity index (χ2v) is 11.1. The molecule has 0 spiro atoms. The van der Waals surface area contributed by atoms with Crippen molar-refractivity contribution in [1.29, 1.82) is 0 Å². The number of carbonyl (C=O) groups is 1. The Labute approximate surface area is 248 Å². The molecule has 2 heterocycles. The molecule has 10 nitrogen and oxygen atoms in total. The van der Waals surface area contributed by atoms with E-state index in [1.165, 1.54) is 36.4 Å². The Hall–Kier alpha value is -2.78. The van der Waals surface area contributed by atoms with E-state index in [1.54, 1.807) is 0 Å². The van der Waals surface area contributed by atoms with Gasteiger partial charge >= 0.3 is 0 Å². The second kappa shape index (κ2) is 12.4. The topological polar surface area (TPSA) is 130 Å². The van der Waals surface area contributed by atoms with Gasteiger partial charge in [0.1, 0.15) is 30.0 Å². The highest BCUT2D eigenvalue weighted by Crippen LogP contribution is 2.38. The largest absolute Gasteiger partial charge is 0.394 e. The molecule has 5 unspecified atom stereocenters. The van der Waals surface area contributed by atoms with Gasteiger partial charge in [-0.1, -0.05) is 28.4 Å². The number of benzene rings is 2. The molecule has 1 aromatic heterocycles. The van der Waals surface area contributed by atoms with Gasteiger partial charge in [-0.15, -0.1) is 5.10 Å². The molecule has 5 rings (SSSR count). The van der Waals surface area contributed by atoms with E-state index in [0.717, 1.165) is 16.8 Å². The van der Waals surface area contributed by atoms with E-state index in [1.807, 2.05) is 0 Å². The van der Waals surface area contributed by atoms with Crippen molar-refractivity contribution in [2.24, 2.45) is 0 Å². The van der Waals surface area contributed by atoms with E-state index in [4.69, 9.17) is 32.7 Å². The number of halogens is 5. The molecule has 1 saturated heterocycles. The highest BCUT2D eigenvalue weighted by Gasteiger charge is 2.52. The lowest BCUT2D eigenvalue weighted by Crippen LogP contribution is -2.62. The Kier molecular flexibility index (Phi) is 9.09. The van der Waals surface area contributed by atoms with Crippen molar-refractivity contribution in [2.45, 2.75) is 61.9 Å². The van der Waals surface area contributed by atoms with Crippen LogP contribution in [0.5, 0.6) is 0 Å². The predicted octanol–water partition coefficient (Wildman–Crippen LogP) is 3.29. The van der Waals surface area contributed by atoms with E-state index in [2.05, 4.69) is 10.3 Å². The summed E-state index contributed by atoms with van der Waals surface area (Å²) in [6, 6.07) is 4.15. The molecule has 2 aromatic carbocycles. The second-order valence-electron chi connectivity index (χ2n) is 10.2. The van der Waals surface area contributed by atoms with E-state index in [9.17, 15) is 33.3 Å². The van der Waals surface area contributed by atoms with Gasteiger partial charge in [-0.2, -0.15) is 0 Å². The predicted molar refractivity (Wildman–Crippen MR) is 145 cm³/mol. The van der Waals surface area contributed by atoms with Crippen LogP contribution < -0.4 is 4.90 Å². The third kappa shape index (κ3) is 5.74. The molecule has 3 N–H and O–H groups in total. The standard InChI is InChI=1S/C27H27Cl2F3N4O6/c1-41-25-23(35-10-18(33-34-35)12-5-16(30)22(32)17(31)6-12)24(39)21(11-37)42-26(25)27(40)36(19-3-2-4-20(19)38)15-8-13(28)7-14(29)9-15/h5-10,19-21,23-26,37-39H,2-4,11H2,1H3/t19-,20-,21?,23?,24?,25?,26?/m0/s1. The molecule has 2 fully saturated rings. The van der Waals surface area contributed by atoms with Crippen molar-refractivity contribution in [2.75, 3.05) is 18.6 Å². The van der Waals surface area contributed by atoms with E-state index < -0.39 is 72.6 Å². The van der Waals surface area contributed by atoms with Crippen LogP contribution in [-0.2, 0) is 14.3 Å². The van der Waals surface area contributed by atoms with Crippen molar-refractivity contribution >= 4 is 34.8 Å². The lowest BCUT2D eigenvalue weighted by molar-refractivity contribution is -0.211. The molecule has 1 saturated carbocycles. The number of aliphatic hydroxyl groups excluding tert-OH is 3. The molecular formula is C27H27Cl2F3N4O6. The van der Waals surface area contributed by atoms with Crippen LogP contribution in [0, 0.1) is 17.5 Å². The summed E-state index contributed by atoms with van der Waals surface area (Å²) in [6.45, 7) is -0.692. The fraction of sp³-hybridized carbons (Fsp3) is 0.444. The zero-order chi connectivity index (χ0) is 30.3. The van der Waals surface area contributed by atoms with Crippen molar-refractivity contribution in [3.05, 3.63) is 64.0 Å². The maximum atomic E-state index is 14.3. The Morgan fingerprint density at radius 3 is 2.36 bits per heavy atom. The monoisotopic (exact) mass is 630 g/mol. The van der Waals surface area contributed by atoms with Gasteiger partial charge in [-0.05, 0) is 49.6 Å². The number of amides is 1.